The van der Waals surface area contributed by atoms with Crippen LogP contribution in [0.3, 0.4) is 0 Å². The van der Waals surface area contributed by atoms with Gasteiger partial charge < -0.3 is 15.4 Å². The molecule has 184 valence electrons. The van der Waals surface area contributed by atoms with Crippen molar-refractivity contribution < 1.29 is 25.9 Å². The summed E-state index contributed by atoms with van der Waals surface area (Å²) in [6, 6.07) is 35.6. The van der Waals surface area contributed by atoms with Crippen molar-refractivity contribution in [2.75, 3.05) is 0 Å². The second kappa shape index (κ2) is 9.85. The van der Waals surface area contributed by atoms with Crippen molar-refractivity contribution in [3.05, 3.63) is 131 Å². The van der Waals surface area contributed by atoms with Crippen molar-refractivity contribution in [1.29, 1.82) is 0 Å². The molecule has 0 radical (unpaired) electrons. The van der Waals surface area contributed by atoms with E-state index in [1.54, 1.807) is 6.07 Å². The van der Waals surface area contributed by atoms with Gasteiger partial charge in [0.15, 0.2) is 0 Å². The van der Waals surface area contributed by atoms with E-state index in [2.05, 4.69) is 23.5 Å². The number of carbonyl (C=O) groups is 1. The first-order valence-corrected chi connectivity index (χ1v) is 12.2. The summed E-state index contributed by atoms with van der Waals surface area (Å²) in [4.78, 5) is 23.2. The van der Waals surface area contributed by atoms with Crippen LogP contribution in [0, 0.1) is 0 Å². The van der Waals surface area contributed by atoms with Crippen LogP contribution in [0.15, 0.2) is 109 Å². The second-order valence-corrected chi connectivity index (χ2v) is 9.02. The average molecular weight is 672 g/mol. The predicted octanol–water partition coefficient (Wildman–Crippen LogP) is 8.48. The summed E-state index contributed by atoms with van der Waals surface area (Å²) in [5.41, 5.74) is 5.67. The van der Waals surface area contributed by atoms with Gasteiger partial charge in [0.05, 0.1) is 17.1 Å². The van der Waals surface area contributed by atoms with Crippen LogP contribution in [-0.2, 0) is 27.6 Å². The molecule has 1 aliphatic rings. The summed E-state index contributed by atoms with van der Waals surface area (Å²) in [6.07, 6.45) is 0. The molecule has 0 atom stereocenters. The van der Waals surface area contributed by atoms with Crippen LogP contribution in [0.5, 0.6) is 0 Å². The van der Waals surface area contributed by atoms with Crippen LogP contribution < -0.4 is 0 Å². The van der Waals surface area contributed by atoms with Gasteiger partial charge in [-0.15, -0.1) is 11.4 Å². The van der Waals surface area contributed by atoms with E-state index in [1.165, 1.54) is 0 Å². The monoisotopic (exact) mass is 671 g/mol. The van der Waals surface area contributed by atoms with Crippen molar-refractivity contribution in [3.8, 4) is 22.5 Å². The number of fused-ring (bicyclic) bond motifs is 12. The molecule has 4 aromatic carbocycles. The van der Waals surface area contributed by atoms with Gasteiger partial charge in [-0.3, -0.25) is 4.98 Å². The van der Waals surface area contributed by atoms with Crippen LogP contribution in [0.25, 0.3) is 54.7 Å². The van der Waals surface area contributed by atoms with Gasteiger partial charge >= 0.3 is 21.1 Å². The van der Waals surface area contributed by atoms with E-state index in [1.807, 2.05) is 84.9 Å². The largest absolute Gasteiger partial charge is 2.00 e. The van der Waals surface area contributed by atoms with Crippen molar-refractivity contribution >= 4 is 38.8 Å². The zero-order valence-corrected chi connectivity index (χ0v) is 22.4. The fourth-order valence-corrected chi connectivity index (χ4v) is 5.02. The molecule has 1 aliphatic heterocycles. The zero-order valence-electron chi connectivity index (χ0n) is 20.1. The molecule has 3 heterocycles. The van der Waals surface area contributed by atoms with Gasteiger partial charge in [-0.1, -0.05) is 91.5 Å². The Kier molecular flexibility index (Phi) is 6.22. The number of rotatable bonds is 0. The molecule has 6 heteroatoms. The summed E-state index contributed by atoms with van der Waals surface area (Å²) in [5, 5.41) is 13.7. The van der Waals surface area contributed by atoms with Gasteiger partial charge in [0.2, 0.25) is 0 Å². The Labute approximate surface area is 234 Å². The molecule has 38 heavy (non-hydrogen) atoms. The SMILES string of the molecule is O=C1[N-]c2ccc3ccccc3c2-c2cccc(n2)C[N-]c2ccc3ccccc3c2-c2cccc1n2.[Pt+2]. The maximum Gasteiger partial charge on any atom is 2.00 e. The first kappa shape index (κ1) is 24.0. The minimum Gasteiger partial charge on any atom is -0.679 e. The smallest absolute Gasteiger partial charge is 0.679 e. The third kappa shape index (κ3) is 4.15. The van der Waals surface area contributed by atoms with E-state index in [9.17, 15) is 4.79 Å². The number of aromatic nitrogens is 2. The first-order chi connectivity index (χ1) is 18.2. The van der Waals surface area contributed by atoms with E-state index in [-0.39, 0.29) is 26.8 Å². The number of carbonyl (C=O) groups excluding carboxylic acids is 1. The first-order valence-electron chi connectivity index (χ1n) is 12.2. The molecule has 0 saturated carbocycles. The number of hydrogen-bond donors (Lipinski definition) is 0. The molecule has 6 aromatic rings. The Bertz CT molecular complexity index is 1850. The minimum atomic E-state index is -0.398. The third-order valence-electron chi connectivity index (χ3n) is 6.73. The van der Waals surface area contributed by atoms with Gasteiger partial charge in [0, 0.05) is 5.69 Å². The molecular formula is C32H20N4OPt. The van der Waals surface area contributed by atoms with E-state index in [4.69, 9.17) is 15.3 Å². The van der Waals surface area contributed by atoms with Gasteiger partial charge in [-0.25, -0.2) is 4.98 Å². The Morgan fingerprint density at radius 2 is 1.13 bits per heavy atom. The topological polar surface area (TPSA) is 71.1 Å². The summed E-state index contributed by atoms with van der Waals surface area (Å²) >= 11 is 0. The van der Waals surface area contributed by atoms with Crippen molar-refractivity contribution in [2.24, 2.45) is 0 Å². The average Bonchev–Trinajstić information content (AvgIpc) is 2.95. The minimum absolute atomic E-state index is 0. The summed E-state index contributed by atoms with van der Waals surface area (Å²) in [5.74, 6) is -0.398. The number of hydrogen-bond acceptors (Lipinski definition) is 3. The number of nitrogens with zero attached hydrogens (tertiary/aromatic N) is 4. The third-order valence-corrected chi connectivity index (χ3v) is 6.73. The van der Waals surface area contributed by atoms with Crippen molar-refractivity contribution in [3.63, 3.8) is 0 Å². The Hall–Kier alpha value is -4.34. The molecule has 4 bridgehead atoms. The van der Waals surface area contributed by atoms with Gasteiger partial charge in [0.1, 0.15) is 5.91 Å². The standard InChI is InChI=1S/C32H21N4O.Pt/c37-32-29-14-6-13-27(35-29)30-23-10-3-1-7-20(23)15-17-25(30)33-19-22-9-5-12-26(34-22)31-24-11-4-2-8-21(24)16-18-28(31)36-32;/h1-18H,19H2,(H-,33,34,35,36,37);/q-1;+2/p-1. The summed E-state index contributed by atoms with van der Waals surface area (Å²) in [7, 11) is 0. The number of benzene rings is 4. The maximum atomic E-state index is 13.5. The normalized spacial score (nSPS) is 12.4. The summed E-state index contributed by atoms with van der Waals surface area (Å²) in [6.45, 7) is 0.412. The molecule has 1 amide bonds. The molecule has 0 fully saturated rings. The zero-order chi connectivity index (χ0) is 24.8. The molecule has 0 aliphatic carbocycles. The molecular weight excluding hydrogens is 651 g/mol. The van der Waals surface area contributed by atoms with Gasteiger partial charge in [-0.2, -0.15) is 0 Å². The summed E-state index contributed by atoms with van der Waals surface area (Å²) < 4.78 is 0. The Morgan fingerprint density at radius 3 is 1.87 bits per heavy atom. The van der Waals surface area contributed by atoms with E-state index < -0.39 is 5.91 Å². The van der Waals surface area contributed by atoms with Crippen molar-refractivity contribution in [1.82, 2.24) is 9.97 Å². The molecule has 0 saturated heterocycles. The fraction of sp³-hybridized carbons (Fsp3) is 0.0312. The van der Waals surface area contributed by atoms with Crippen molar-refractivity contribution in [2.45, 2.75) is 6.54 Å². The van der Waals surface area contributed by atoms with Crippen LogP contribution in [0.1, 0.15) is 16.2 Å². The molecule has 0 unspecified atom stereocenters. The fourth-order valence-electron chi connectivity index (χ4n) is 5.02. The van der Waals surface area contributed by atoms with E-state index in [0.29, 0.717) is 17.9 Å². The predicted molar refractivity (Wildman–Crippen MR) is 148 cm³/mol. The van der Waals surface area contributed by atoms with Gasteiger partial charge in [0.25, 0.3) is 0 Å². The van der Waals surface area contributed by atoms with Gasteiger partial charge in [-0.05, 0) is 56.9 Å². The molecule has 0 spiro atoms. The van der Waals surface area contributed by atoms with Crippen LogP contribution in [-0.4, -0.2) is 15.9 Å². The molecule has 5 nitrogen and oxygen atoms in total. The Morgan fingerprint density at radius 1 is 0.553 bits per heavy atom. The van der Waals surface area contributed by atoms with Crippen LogP contribution in [0.4, 0.5) is 11.4 Å². The molecule has 7 rings (SSSR count). The van der Waals surface area contributed by atoms with Crippen LogP contribution in [0.2, 0.25) is 0 Å². The molecule has 2 aromatic heterocycles. The number of pyridine rings is 2. The number of amides is 1. The maximum absolute atomic E-state index is 13.5. The van der Waals surface area contributed by atoms with E-state index >= 15 is 0 Å². The van der Waals surface area contributed by atoms with E-state index in [0.717, 1.165) is 49.7 Å². The Balaban J connectivity index is 0.00000264. The quantitative estimate of drug-likeness (QED) is 0.163. The molecule has 0 N–H and O–H groups in total. The second-order valence-electron chi connectivity index (χ2n) is 9.02. The van der Waals surface area contributed by atoms with Crippen LogP contribution >= 0.6 is 0 Å².